The van der Waals surface area contributed by atoms with Crippen LogP contribution in [0.25, 0.3) is 0 Å². The quantitative estimate of drug-likeness (QED) is 0.549. The van der Waals surface area contributed by atoms with Crippen molar-refractivity contribution < 1.29 is 18.4 Å². The molecule has 1 atom stereocenters. The minimum absolute atomic E-state index is 0.00868. The number of hydrogen-bond donors (Lipinski definition) is 1. The summed E-state index contributed by atoms with van der Waals surface area (Å²) in [5.41, 5.74) is 2.39. The van der Waals surface area contributed by atoms with Gasteiger partial charge in [-0.15, -0.1) is 0 Å². The molecular weight excluding hydrogens is 448 g/mol. The third kappa shape index (κ3) is 6.31. The fourth-order valence-electron chi connectivity index (χ4n) is 4.47. The molecule has 7 heteroatoms. The van der Waals surface area contributed by atoms with Crippen LogP contribution in [0.5, 0.6) is 0 Å². The van der Waals surface area contributed by atoms with E-state index >= 15 is 0 Å². The molecule has 0 spiro atoms. The molecular formula is C28H29F2N3O2. The fourth-order valence-corrected chi connectivity index (χ4v) is 4.47. The Kier molecular flexibility index (Phi) is 7.87. The number of hydrogen-bond acceptors (Lipinski definition) is 3. The number of benzene rings is 3. The highest BCUT2D eigenvalue weighted by Gasteiger charge is 2.29. The number of carbonyl (C=O) groups excluding carboxylic acids is 2. The van der Waals surface area contributed by atoms with Crippen molar-refractivity contribution in [1.29, 1.82) is 0 Å². The lowest BCUT2D eigenvalue weighted by Crippen LogP contribution is -2.51. The Hall–Kier alpha value is -3.58. The minimum Gasteiger partial charge on any atom is -0.349 e. The summed E-state index contributed by atoms with van der Waals surface area (Å²) in [5.74, 6) is -0.825. The van der Waals surface area contributed by atoms with E-state index in [4.69, 9.17) is 0 Å². The van der Waals surface area contributed by atoms with Crippen LogP contribution in [0.1, 0.15) is 40.9 Å². The Morgan fingerprint density at radius 1 is 0.800 bits per heavy atom. The number of carbonyl (C=O) groups is 2. The molecule has 0 aromatic heterocycles. The third-order valence-corrected chi connectivity index (χ3v) is 6.30. The van der Waals surface area contributed by atoms with Crippen LogP contribution in [-0.4, -0.2) is 53.8 Å². The Bertz CT molecular complexity index is 1080. The average molecular weight is 478 g/mol. The van der Waals surface area contributed by atoms with E-state index in [0.717, 1.165) is 11.1 Å². The molecule has 4 rings (SSSR count). The van der Waals surface area contributed by atoms with Crippen LogP contribution in [0.2, 0.25) is 0 Å². The summed E-state index contributed by atoms with van der Waals surface area (Å²) in [5, 5.41) is 2.89. The topological polar surface area (TPSA) is 52.7 Å². The summed E-state index contributed by atoms with van der Waals surface area (Å²) in [6, 6.07) is 21.2. The predicted octanol–water partition coefficient (Wildman–Crippen LogP) is 4.41. The van der Waals surface area contributed by atoms with Gasteiger partial charge >= 0.3 is 0 Å². The molecule has 35 heavy (non-hydrogen) atoms. The number of piperazine rings is 1. The number of rotatable bonds is 7. The highest BCUT2D eigenvalue weighted by molar-refractivity contribution is 5.94. The Morgan fingerprint density at radius 3 is 1.83 bits per heavy atom. The van der Waals surface area contributed by atoms with Gasteiger partial charge in [0.15, 0.2) is 0 Å². The first-order chi connectivity index (χ1) is 16.9. The van der Waals surface area contributed by atoms with Crippen LogP contribution in [0.4, 0.5) is 8.78 Å². The molecule has 0 bridgehead atoms. The van der Waals surface area contributed by atoms with Crippen molar-refractivity contribution in [3.8, 4) is 0 Å². The summed E-state index contributed by atoms with van der Waals surface area (Å²) >= 11 is 0. The van der Waals surface area contributed by atoms with Gasteiger partial charge in [-0.1, -0.05) is 42.5 Å². The molecule has 1 aliphatic heterocycles. The monoisotopic (exact) mass is 477 g/mol. The van der Waals surface area contributed by atoms with Crippen LogP contribution < -0.4 is 5.32 Å². The van der Waals surface area contributed by atoms with Crippen LogP contribution in [0.15, 0.2) is 78.9 Å². The molecule has 3 aromatic rings. The molecule has 3 aromatic carbocycles. The van der Waals surface area contributed by atoms with E-state index in [2.05, 4.69) is 10.2 Å². The molecule has 1 unspecified atom stereocenters. The normalized spacial score (nSPS) is 15.1. The highest BCUT2D eigenvalue weighted by atomic mass is 19.1. The SMILES string of the molecule is CC(CC(=O)N1CCN(C(c2ccc(F)cc2)c2ccc(F)cc2)CC1)NC(=O)c1ccccc1. The fraction of sp³-hybridized carbons (Fsp3) is 0.286. The summed E-state index contributed by atoms with van der Waals surface area (Å²) in [4.78, 5) is 29.3. The summed E-state index contributed by atoms with van der Waals surface area (Å²) in [7, 11) is 0. The lowest BCUT2D eigenvalue weighted by molar-refractivity contribution is -0.133. The maximum absolute atomic E-state index is 13.5. The number of nitrogens with zero attached hydrogens (tertiary/aromatic N) is 2. The van der Waals surface area contributed by atoms with E-state index in [-0.39, 0.29) is 42.0 Å². The van der Waals surface area contributed by atoms with Gasteiger partial charge in [0, 0.05) is 44.2 Å². The van der Waals surface area contributed by atoms with Gasteiger partial charge in [0.25, 0.3) is 5.91 Å². The number of nitrogens with one attached hydrogen (secondary N) is 1. The standard InChI is InChI=1S/C28H29F2N3O2/c1-20(31-28(35)23-5-3-2-4-6-23)19-26(34)32-15-17-33(18-16-32)27(21-7-11-24(29)12-8-21)22-9-13-25(30)14-10-22/h2-14,20,27H,15-19H2,1H3,(H,31,35). The van der Waals surface area contributed by atoms with Gasteiger partial charge in [0.05, 0.1) is 6.04 Å². The molecule has 2 amide bonds. The van der Waals surface area contributed by atoms with Crippen molar-refractivity contribution in [2.45, 2.75) is 25.4 Å². The molecule has 182 valence electrons. The summed E-state index contributed by atoms with van der Waals surface area (Å²) in [6.45, 7) is 4.15. The van der Waals surface area contributed by atoms with E-state index in [0.29, 0.717) is 31.7 Å². The molecule has 1 fully saturated rings. The maximum atomic E-state index is 13.5. The Morgan fingerprint density at radius 2 is 1.31 bits per heavy atom. The average Bonchev–Trinajstić information content (AvgIpc) is 2.87. The first kappa shape index (κ1) is 24.5. The van der Waals surface area contributed by atoms with E-state index in [1.54, 1.807) is 48.5 Å². The van der Waals surface area contributed by atoms with Gasteiger partial charge in [-0.2, -0.15) is 0 Å². The van der Waals surface area contributed by atoms with Crippen LogP contribution in [0.3, 0.4) is 0 Å². The third-order valence-electron chi connectivity index (χ3n) is 6.30. The van der Waals surface area contributed by atoms with Crippen LogP contribution in [-0.2, 0) is 4.79 Å². The highest BCUT2D eigenvalue weighted by Crippen LogP contribution is 2.30. The largest absolute Gasteiger partial charge is 0.349 e. The minimum atomic E-state index is -0.310. The molecule has 0 aliphatic carbocycles. The summed E-state index contributed by atoms with van der Waals surface area (Å²) < 4.78 is 27.1. The zero-order valence-corrected chi connectivity index (χ0v) is 19.7. The lowest BCUT2D eigenvalue weighted by atomic mass is 9.96. The first-order valence-corrected chi connectivity index (χ1v) is 11.8. The first-order valence-electron chi connectivity index (χ1n) is 11.8. The van der Waals surface area contributed by atoms with Gasteiger partial charge < -0.3 is 10.2 Å². The van der Waals surface area contributed by atoms with Gasteiger partial charge in [-0.05, 0) is 54.4 Å². The Labute approximate surface area is 204 Å². The van der Waals surface area contributed by atoms with E-state index in [1.165, 1.54) is 24.3 Å². The maximum Gasteiger partial charge on any atom is 0.251 e. The van der Waals surface area contributed by atoms with Crippen LogP contribution in [0, 0.1) is 11.6 Å². The molecule has 5 nitrogen and oxygen atoms in total. The van der Waals surface area contributed by atoms with E-state index in [1.807, 2.05) is 17.9 Å². The van der Waals surface area contributed by atoms with Gasteiger partial charge in [0.1, 0.15) is 11.6 Å². The lowest BCUT2D eigenvalue weighted by Gasteiger charge is -2.40. The zero-order valence-electron chi connectivity index (χ0n) is 19.7. The molecule has 1 aliphatic rings. The summed E-state index contributed by atoms with van der Waals surface area (Å²) in [6.07, 6.45) is 0.220. The van der Waals surface area contributed by atoms with Gasteiger partial charge in [0.2, 0.25) is 5.91 Å². The smallest absolute Gasteiger partial charge is 0.251 e. The zero-order chi connectivity index (χ0) is 24.8. The van der Waals surface area contributed by atoms with Crippen molar-refractivity contribution in [2.24, 2.45) is 0 Å². The second-order valence-corrected chi connectivity index (χ2v) is 8.87. The molecule has 1 saturated heterocycles. The Balaban J connectivity index is 1.37. The molecule has 1 N–H and O–H groups in total. The van der Waals surface area contributed by atoms with Crippen molar-refractivity contribution in [3.63, 3.8) is 0 Å². The second-order valence-electron chi connectivity index (χ2n) is 8.87. The second kappa shape index (κ2) is 11.2. The van der Waals surface area contributed by atoms with Gasteiger partial charge in [-0.25, -0.2) is 8.78 Å². The molecule has 0 saturated carbocycles. The van der Waals surface area contributed by atoms with Gasteiger partial charge in [-0.3, -0.25) is 14.5 Å². The van der Waals surface area contributed by atoms with E-state index in [9.17, 15) is 18.4 Å². The van der Waals surface area contributed by atoms with Crippen molar-refractivity contribution >= 4 is 11.8 Å². The van der Waals surface area contributed by atoms with Crippen molar-refractivity contribution in [3.05, 3.63) is 107 Å². The number of amides is 2. The van der Waals surface area contributed by atoms with Crippen molar-refractivity contribution in [1.82, 2.24) is 15.1 Å². The van der Waals surface area contributed by atoms with Crippen LogP contribution >= 0.6 is 0 Å². The van der Waals surface area contributed by atoms with E-state index < -0.39 is 0 Å². The molecule has 0 radical (unpaired) electrons. The predicted molar refractivity (Wildman–Crippen MR) is 131 cm³/mol. The van der Waals surface area contributed by atoms with Crippen molar-refractivity contribution in [2.75, 3.05) is 26.2 Å². The number of halogens is 2. The molecule has 1 heterocycles.